The molecule has 0 fully saturated rings. The number of pyridine rings is 1. The SMILES string of the molecule is Cc1ccc(C#N)c(Sc2ccc(C(=O)O)cc2)n1. The summed E-state index contributed by atoms with van der Waals surface area (Å²) in [5, 5.41) is 18.5. The summed E-state index contributed by atoms with van der Waals surface area (Å²) in [5.41, 5.74) is 1.59. The normalized spacial score (nSPS) is 9.89. The highest BCUT2D eigenvalue weighted by molar-refractivity contribution is 7.99. The standard InChI is InChI=1S/C14H10N2O2S/c1-9-2-3-11(8-15)13(16-9)19-12-6-4-10(5-7-12)14(17)18/h2-7H,1H3,(H,17,18). The average molecular weight is 270 g/mol. The third-order valence-electron chi connectivity index (χ3n) is 2.44. The first-order valence-electron chi connectivity index (χ1n) is 5.49. The lowest BCUT2D eigenvalue weighted by atomic mass is 10.2. The fourth-order valence-electron chi connectivity index (χ4n) is 1.47. The highest BCUT2D eigenvalue weighted by atomic mass is 32.2. The largest absolute Gasteiger partial charge is 0.478 e. The Labute approximate surface area is 114 Å². The fourth-order valence-corrected chi connectivity index (χ4v) is 2.38. The van der Waals surface area contributed by atoms with E-state index in [0.29, 0.717) is 10.6 Å². The number of carboxylic acids is 1. The zero-order valence-corrected chi connectivity index (χ0v) is 10.9. The first kappa shape index (κ1) is 13.1. The monoisotopic (exact) mass is 270 g/mol. The van der Waals surface area contributed by atoms with E-state index < -0.39 is 5.97 Å². The van der Waals surface area contributed by atoms with E-state index in [9.17, 15) is 4.79 Å². The van der Waals surface area contributed by atoms with Crippen LogP contribution in [0.25, 0.3) is 0 Å². The number of nitrogens with zero attached hydrogens (tertiary/aromatic N) is 2. The van der Waals surface area contributed by atoms with Crippen LogP contribution >= 0.6 is 11.8 Å². The molecule has 1 aromatic heterocycles. The summed E-state index contributed by atoms with van der Waals surface area (Å²) in [7, 11) is 0. The van der Waals surface area contributed by atoms with Gasteiger partial charge in [0.15, 0.2) is 0 Å². The third kappa shape index (κ3) is 3.12. The van der Waals surface area contributed by atoms with Crippen LogP contribution in [-0.2, 0) is 0 Å². The van der Waals surface area contributed by atoms with E-state index in [0.717, 1.165) is 10.6 Å². The van der Waals surface area contributed by atoms with Crippen molar-refractivity contribution in [3.63, 3.8) is 0 Å². The predicted molar refractivity (Wildman–Crippen MR) is 71.2 cm³/mol. The van der Waals surface area contributed by atoms with Crippen molar-refractivity contribution in [3.8, 4) is 6.07 Å². The highest BCUT2D eigenvalue weighted by Gasteiger charge is 2.07. The quantitative estimate of drug-likeness (QED) is 0.927. The van der Waals surface area contributed by atoms with Gasteiger partial charge in [-0.2, -0.15) is 5.26 Å². The van der Waals surface area contributed by atoms with E-state index >= 15 is 0 Å². The van der Waals surface area contributed by atoms with E-state index in [1.54, 1.807) is 24.3 Å². The Morgan fingerprint density at radius 3 is 2.53 bits per heavy atom. The van der Waals surface area contributed by atoms with Gasteiger partial charge in [0, 0.05) is 10.6 Å². The molecule has 0 amide bonds. The first-order valence-corrected chi connectivity index (χ1v) is 6.31. The Kier molecular flexibility index (Phi) is 3.83. The number of hydrogen-bond acceptors (Lipinski definition) is 4. The maximum Gasteiger partial charge on any atom is 0.335 e. The summed E-state index contributed by atoms with van der Waals surface area (Å²) < 4.78 is 0. The summed E-state index contributed by atoms with van der Waals surface area (Å²) in [6.07, 6.45) is 0. The molecule has 0 unspecified atom stereocenters. The maximum absolute atomic E-state index is 10.8. The van der Waals surface area contributed by atoms with Crippen molar-refractivity contribution >= 4 is 17.7 Å². The molecule has 94 valence electrons. The van der Waals surface area contributed by atoms with Gasteiger partial charge in [0.2, 0.25) is 0 Å². The van der Waals surface area contributed by atoms with Crippen molar-refractivity contribution in [3.05, 3.63) is 53.2 Å². The second-order valence-corrected chi connectivity index (χ2v) is 4.91. The smallest absolute Gasteiger partial charge is 0.335 e. The van der Waals surface area contributed by atoms with Gasteiger partial charge in [0.25, 0.3) is 0 Å². The molecule has 0 saturated heterocycles. The van der Waals surface area contributed by atoms with Gasteiger partial charge in [-0.05, 0) is 43.3 Å². The molecule has 19 heavy (non-hydrogen) atoms. The highest BCUT2D eigenvalue weighted by Crippen LogP contribution is 2.29. The lowest BCUT2D eigenvalue weighted by Gasteiger charge is -2.04. The number of benzene rings is 1. The first-order chi connectivity index (χ1) is 9.10. The van der Waals surface area contributed by atoms with Gasteiger partial charge in [0.1, 0.15) is 11.1 Å². The van der Waals surface area contributed by atoms with E-state index in [4.69, 9.17) is 10.4 Å². The number of carboxylic acid groups (broad SMARTS) is 1. The Bertz CT molecular complexity index is 660. The lowest BCUT2D eigenvalue weighted by molar-refractivity contribution is 0.0697. The fraction of sp³-hybridized carbons (Fsp3) is 0.0714. The molecule has 0 saturated carbocycles. The summed E-state index contributed by atoms with van der Waals surface area (Å²) in [4.78, 5) is 15.9. The molecule has 0 radical (unpaired) electrons. The van der Waals surface area contributed by atoms with E-state index in [1.165, 1.54) is 23.9 Å². The Balaban J connectivity index is 2.28. The van der Waals surface area contributed by atoms with Crippen molar-refractivity contribution in [1.82, 2.24) is 4.98 Å². The van der Waals surface area contributed by atoms with Crippen LogP contribution in [0.1, 0.15) is 21.6 Å². The topological polar surface area (TPSA) is 74.0 Å². The van der Waals surface area contributed by atoms with Crippen LogP contribution in [-0.4, -0.2) is 16.1 Å². The lowest BCUT2D eigenvalue weighted by Crippen LogP contribution is -1.95. The minimum absolute atomic E-state index is 0.238. The molecule has 2 rings (SSSR count). The summed E-state index contributed by atoms with van der Waals surface area (Å²) in [5.74, 6) is -0.956. The molecule has 0 aliphatic carbocycles. The van der Waals surface area contributed by atoms with Gasteiger partial charge < -0.3 is 5.11 Å². The van der Waals surface area contributed by atoms with Crippen molar-refractivity contribution in [2.24, 2.45) is 0 Å². The van der Waals surface area contributed by atoms with Gasteiger partial charge in [-0.1, -0.05) is 11.8 Å². The van der Waals surface area contributed by atoms with Crippen LogP contribution in [0, 0.1) is 18.3 Å². The van der Waals surface area contributed by atoms with Crippen LogP contribution in [0.5, 0.6) is 0 Å². The number of carbonyl (C=O) groups is 1. The summed E-state index contributed by atoms with van der Waals surface area (Å²) in [6.45, 7) is 1.86. The molecular formula is C14H10N2O2S. The van der Waals surface area contributed by atoms with Gasteiger partial charge in [-0.3, -0.25) is 0 Å². The van der Waals surface area contributed by atoms with Crippen LogP contribution in [0.15, 0.2) is 46.3 Å². The van der Waals surface area contributed by atoms with Crippen molar-refractivity contribution in [2.75, 3.05) is 0 Å². The number of nitriles is 1. The molecule has 1 aromatic carbocycles. The van der Waals surface area contributed by atoms with Crippen LogP contribution < -0.4 is 0 Å². The van der Waals surface area contributed by atoms with Crippen molar-refractivity contribution in [1.29, 1.82) is 5.26 Å². The predicted octanol–water partition coefficient (Wildman–Crippen LogP) is 3.11. The molecule has 0 atom stereocenters. The second-order valence-electron chi connectivity index (χ2n) is 3.85. The minimum atomic E-state index is -0.956. The van der Waals surface area contributed by atoms with Crippen LogP contribution in [0.3, 0.4) is 0 Å². The zero-order chi connectivity index (χ0) is 13.8. The summed E-state index contributed by atoms with van der Waals surface area (Å²) >= 11 is 1.35. The molecule has 1 N–H and O–H groups in total. The van der Waals surface area contributed by atoms with E-state index in [-0.39, 0.29) is 5.56 Å². The number of aromatic carboxylic acids is 1. The third-order valence-corrected chi connectivity index (χ3v) is 3.45. The Morgan fingerprint density at radius 1 is 1.26 bits per heavy atom. The molecule has 5 heteroatoms. The van der Waals surface area contributed by atoms with Gasteiger partial charge in [-0.15, -0.1) is 0 Å². The molecule has 4 nitrogen and oxygen atoms in total. The molecule has 0 spiro atoms. The molecule has 2 aromatic rings. The molecule has 0 aliphatic rings. The minimum Gasteiger partial charge on any atom is -0.478 e. The van der Waals surface area contributed by atoms with Crippen molar-refractivity contribution < 1.29 is 9.90 Å². The molecule has 1 heterocycles. The number of aromatic nitrogens is 1. The molecular weight excluding hydrogens is 260 g/mol. The van der Waals surface area contributed by atoms with E-state index in [1.807, 2.05) is 6.92 Å². The van der Waals surface area contributed by atoms with Gasteiger partial charge in [0.05, 0.1) is 11.1 Å². The maximum atomic E-state index is 10.8. The Hall–Kier alpha value is -2.32. The Morgan fingerprint density at radius 2 is 1.95 bits per heavy atom. The van der Waals surface area contributed by atoms with Gasteiger partial charge >= 0.3 is 5.97 Å². The van der Waals surface area contributed by atoms with Crippen molar-refractivity contribution in [2.45, 2.75) is 16.8 Å². The molecule has 0 aliphatic heterocycles. The second kappa shape index (κ2) is 5.55. The van der Waals surface area contributed by atoms with Gasteiger partial charge in [-0.25, -0.2) is 9.78 Å². The average Bonchev–Trinajstić information content (AvgIpc) is 2.39. The number of aryl methyl sites for hydroxylation is 1. The van der Waals surface area contributed by atoms with Crippen LogP contribution in [0.2, 0.25) is 0 Å². The van der Waals surface area contributed by atoms with Crippen LogP contribution in [0.4, 0.5) is 0 Å². The number of hydrogen-bond donors (Lipinski definition) is 1. The van der Waals surface area contributed by atoms with E-state index in [2.05, 4.69) is 11.1 Å². The zero-order valence-electron chi connectivity index (χ0n) is 10.1. The summed E-state index contributed by atoms with van der Waals surface area (Å²) in [6, 6.07) is 12.1. The number of rotatable bonds is 3. The molecule has 0 bridgehead atoms.